The van der Waals surface area contributed by atoms with Crippen LogP contribution in [0.2, 0.25) is 0 Å². The van der Waals surface area contributed by atoms with E-state index in [0.29, 0.717) is 5.11 Å². The Kier molecular flexibility index (Phi) is 10.0. The van der Waals surface area contributed by atoms with Crippen molar-refractivity contribution in [1.82, 2.24) is 0 Å². The molecule has 0 N–H and O–H groups in total. The van der Waals surface area contributed by atoms with Crippen LogP contribution in [-0.4, -0.2) is 76.9 Å². The summed E-state index contributed by atoms with van der Waals surface area (Å²) in [4.78, 5) is 0. The Labute approximate surface area is 228 Å². The van der Waals surface area contributed by atoms with Crippen molar-refractivity contribution in [3.63, 3.8) is 0 Å². The van der Waals surface area contributed by atoms with Crippen molar-refractivity contribution in [2.45, 2.75) is 78.1 Å². The van der Waals surface area contributed by atoms with Crippen LogP contribution in [0.15, 0.2) is 15.4 Å². The molecule has 5 nitrogen and oxygen atoms in total. The Morgan fingerprint density at radius 1 is 0.422 bits per heavy atom. The van der Waals surface area contributed by atoms with Crippen molar-refractivity contribution in [2.24, 2.45) is 15.4 Å². The zero-order valence-electron chi connectivity index (χ0n) is 19.8. The fourth-order valence-electron chi connectivity index (χ4n) is 2.21. The van der Waals surface area contributed by atoms with E-state index < -0.39 is 96.0 Å². The number of nitrogens with zero attached hydrogens (tertiary/aromatic N) is 5. The summed E-state index contributed by atoms with van der Waals surface area (Å²) in [5, 5.41) is 17.9. The molecule has 0 spiro atoms. The van der Waals surface area contributed by atoms with Crippen molar-refractivity contribution >= 4 is 5.71 Å². The van der Waals surface area contributed by atoms with Gasteiger partial charge in [0.25, 0.3) is 0 Å². The van der Waals surface area contributed by atoms with E-state index in [1.54, 1.807) is 0 Å². The Morgan fingerprint density at radius 3 is 0.978 bits per heavy atom. The maximum absolute atomic E-state index is 13.8. The van der Waals surface area contributed by atoms with Crippen LogP contribution in [0.25, 0.3) is 0 Å². The highest BCUT2D eigenvalue weighted by Gasteiger charge is 2.92. The second kappa shape index (κ2) is 10.8. The number of nitriles is 2. The van der Waals surface area contributed by atoms with Crippen molar-refractivity contribution in [1.29, 1.82) is 10.5 Å². The van der Waals surface area contributed by atoms with Gasteiger partial charge < -0.3 is 0 Å². The maximum Gasteiger partial charge on any atom is 0.429 e. The van der Waals surface area contributed by atoms with Crippen LogP contribution in [0.1, 0.15) is 6.92 Å². The topological polar surface area (TPSA) is 84.7 Å². The lowest BCUT2D eigenvalue weighted by molar-refractivity contribution is -0.419. The molecule has 0 rings (SSSR count). The van der Waals surface area contributed by atoms with Gasteiger partial charge in [-0.2, -0.15) is 116 Å². The number of halogens is 24. The molecule has 0 aliphatic carbocycles. The second-order valence-corrected chi connectivity index (χ2v) is 7.96. The van der Waals surface area contributed by atoms with Crippen LogP contribution in [0, 0.1) is 22.7 Å². The van der Waals surface area contributed by atoms with Gasteiger partial charge in [-0.05, 0) is 12.1 Å². The van der Waals surface area contributed by atoms with E-state index in [1.165, 1.54) is 0 Å². The first-order valence-electron chi connectivity index (χ1n) is 9.58. The molecule has 45 heavy (non-hydrogen) atoms. The van der Waals surface area contributed by atoms with Gasteiger partial charge in [-0.15, -0.1) is 5.10 Å². The van der Waals surface area contributed by atoms with Crippen LogP contribution in [0.4, 0.5) is 105 Å². The van der Waals surface area contributed by atoms with E-state index in [9.17, 15) is 105 Å². The maximum atomic E-state index is 13.8. The molecular weight excluding hydrogens is 718 g/mol. The smallest absolute Gasteiger partial charge is 0.193 e. The lowest BCUT2D eigenvalue weighted by atomic mass is 9.90. The predicted molar refractivity (Wildman–Crippen MR) is 88.6 cm³/mol. The van der Waals surface area contributed by atoms with E-state index in [0.717, 1.165) is 10.3 Å². The third-order valence-corrected chi connectivity index (χ3v) is 5.03. The van der Waals surface area contributed by atoms with Crippen LogP contribution in [0.3, 0.4) is 0 Å². The molecule has 0 amide bonds. The molecule has 0 aromatic heterocycles. The molecule has 0 saturated carbocycles. The van der Waals surface area contributed by atoms with Crippen molar-refractivity contribution in [2.75, 3.05) is 0 Å². The second-order valence-electron chi connectivity index (χ2n) is 7.96. The third kappa shape index (κ3) is 5.42. The zero-order valence-corrected chi connectivity index (χ0v) is 19.8. The van der Waals surface area contributed by atoms with Crippen LogP contribution in [-0.2, 0) is 0 Å². The first kappa shape index (κ1) is 41.6. The van der Waals surface area contributed by atoms with Gasteiger partial charge in [-0.25, -0.2) is 0 Å². The first-order chi connectivity index (χ1) is 19.2. The molecule has 0 atom stereocenters. The van der Waals surface area contributed by atoms with Crippen molar-refractivity contribution < 1.29 is 105 Å². The molecule has 0 aliphatic heterocycles. The number of rotatable bonds is 13. The fourth-order valence-corrected chi connectivity index (χ4v) is 2.21. The highest BCUT2D eigenvalue weighted by molar-refractivity contribution is 5.90. The Hall–Kier alpha value is -3.43. The molecule has 0 unspecified atom stereocenters. The minimum absolute atomic E-state index is 0.475. The van der Waals surface area contributed by atoms with Crippen LogP contribution < -0.4 is 0 Å². The predicted octanol–water partition coefficient (Wildman–Crippen LogP) is 8.44. The first-order valence-corrected chi connectivity index (χ1v) is 9.58. The summed E-state index contributed by atoms with van der Waals surface area (Å²) >= 11 is 0. The summed E-state index contributed by atoms with van der Waals surface area (Å²) < 4.78 is 320. The minimum Gasteiger partial charge on any atom is -0.193 e. The van der Waals surface area contributed by atoms with Crippen molar-refractivity contribution in [3.8, 4) is 12.1 Å². The Balaban J connectivity index is 6.85. The zero-order chi connectivity index (χ0) is 37.1. The normalized spacial score (nSPS) is 16.6. The molecule has 0 aromatic rings. The molecule has 260 valence electrons. The van der Waals surface area contributed by atoms with Crippen molar-refractivity contribution in [3.05, 3.63) is 0 Å². The van der Waals surface area contributed by atoms with E-state index >= 15 is 0 Å². The molecule has 0 aliphatic rings. The minimum atomic E-state index is -8.47. The molecule has 0 heterocycles. The molecule has 0 bridgehead atoms. The highest BCUT2D eigenvalue weighted by atomic mass is 19.4. The summed E-state index contributed by atoms with van der Waals surface area (Å²) in [5.74, 6) is -87.2. The van der Waals surface area contributed by atoms with Gasteiger partial charge in [0.15, 0.2) is 0 Å². The van der Waals surface area contributed by atoms with Gasteiger partial charge in [0, 0.05) is 0 Å². The lowest BCUT2D eigenvalue weighted by Crippen LogP contribution is -2.71. The summed E-state index contributed by atoms with van der Waals surface area (Å²) in [6.07, 6.45) is 0. The third-order valence-electron chi connectivity index (χ3n) is 5.03. The molecule has 0 aromatic carbocycles. The van der Waals surface area contributed by atoms with Gasteiger partial charge in [-0.1, -0.05) is 5.11 Å². The summed E-state index contributed by atoms with van der Waals surface area (Å²) in [6, 6.07) is -9.66. The van der Waals surface area contributed by atoms with E-state index in [4.69, 9.17) is 10.5 Å². The van der Waals surface area contributed by atoms with Crippen LogP contribution >= 0.6 is 0 Å². The number of hydrogen-bond donors (Lipinski definition) is 0. The van der Waals surface area contributed by atoms with Crippen LogP contribution in [0.5, 0.6) is 0 Å². The summed E-state index contributed by atoms with van der Waals surface area (Å²) in [6.45, 7) is -0.952. The van der Waals surface area contributed by atoms with E-state index in [2.05, 4.69) is 0 Å². The van der Waals surface area contributed by atoms with Gasteiger partial charge in [0.1, 0.15) is 17.9 Å². The van der Waals surface area contributed by atoms with E-state index in [-0.39, 0.29) is 0 Å². The SMILES string of the molecule is CC(=NN=NC(F)(F)C(F)(F)C(F)(F)C(F)(F)C(F)(F)C(F)(F)C#N)C(F)(F)C(F)(F)C(F)(F)C(F)(F)C(F)(F)C(F)(F)C#N. The molecule has 0 radical (unpaired) electrons. The average molecular weight is 721 g/mol. The summed E-state index contributed by atoms with van der Waals surface area (Å²) in [5.41, 5.74) is -3.53. The quantitative estimate of drug-likeness (QED) is 0.0629. The lowest BCUT2D eigenvalue weighted by Gasteiger charge is -2.39. The molecule has 0 saturated heterocycles. The fraction of sp³-hybridized carbons (Fsp3) is 0.812. The molecule has 29 heteroatoms. The van der Waals surface area contributed by atoms with Gasteiger partial charge in [-0.3, -0.25) is 0 Å². The largest absolute Gasteiger partial charge is 0.429 e. The number of alkyl halides is 24. The van der Waals surface area contributed by atoms with Gasteiger partial charge in [0.05, 0.1) is 0 Å². The summed E-state index contributed by atoms with van der Waals surface area (Å²) in [7, 11) is 0. The van der Waals surface area contributed by atoms with Gasteiger partial charge in [0.2, 0.25) is 0 Å². The standard InChI is InChI=1S/C16H3F24N5/c1-4(7(21,22)10(27,28)13(33,34)11(29,30)8(23,24)5(17,18)2-41)43-45-44-16(39,40)15(37,38)14(35,36)12(31,32)9(25,26)6(19,20)3-42/h1H3. The number of hydrogen-bond acceptors (Lipinski definition) is 4. The monoisotopic (exact) mass is 721 g/mol. The van der Waals surface area contributed by atoms with Gasteiger partial charge >= 0.3 is 71.2 Å². The highest BCUT2D eigenvalue weighted by Crippen LogP contribution is 2.61. The average Bonchev–Trinajstić information content (AvgIpc) is 2.86. The molecule has 0 fully saturated rings. The van der Waals surface area contributed by atoms with E-state index in [1.807, 2.05) is 0 Å². The molecular formula is C16H3F24N5. The Morgan fingerprint density at radius 2 is 0.689 bits per heavy atom. The Bertz CT molecular complexity index is 1260.